The molecule has 0 saturated heterocycles. The predicted octanol–water partition coefficient (Wildman–Crippen LogP) is 2.16. The van der Waals surface area contributed by atoms with Crippen LogP contribution in [-0.4, -0.2) is 11.5 Å². The summed E-state index contributed by atoms with van der Waals surface area (Å²) >= 11 is 5.65. The molecule has 10 heavy (non-hydrogen) atoms. The maximum atomic E-state index is 10.6. The summed E-state index contributed by atoms with van der Waals surface area (Å²) in [5.41, 5.74) is -0.479. The van der Waals surface area contributed by atoms with Gasteiger partial charge in [0.2, 0.25) is 0 Å². The molecule has 0 saturated carbocycles. The number of alkyl halides is 1. The van der Waals surface area contributed by atoms with E-state index in [0.717, 1.165) is 0 Å². The van der Waals surface area contributed by atoms with Crippen LogP contribution < -0.4 is 0 Å². The largest absolute Gasteiger partial charge is 0.446 e. The van der Waals surface area contributed by atoms with Crippen LogP contribution in [0.4, 0.5) is 0 Å². The molecule has 0 amide bonds. The number of ether oxygens (including phenoxy) is 1. The first kappa shape index (κ1) is 9.76. The first-order chi connectivity index (χ1) is 4.57. The number of halogens is 1. The Morgan fingerprint density at radius 2 is 2.10 bits per heavy atom. The second-order valence-corrected chi connectivity index (χ2v) is 2.87. The Balaban J connectivity index is 3.57. The first-order valence-electron chi connectivity index (χ1n) is 3.41. The van der Waals surface area contributed by atoms with Gasteiger partial charge in [0, 0.05) is 12.3 Å². The molecule has 0 aliphatic rings. The molecule has 0 rings (SSSR count). The van der Waals surface area contributed by atoms with Gasteiger partial charge in [-0.25, -0.2) is 0 Å². The number of hydrogen-bond acceptors (Lipinski definition) is 2. The molecule has 0 N–H and O–H groups in total. The van der Waals surface area contributed by atoms with Gasteiger partial charge in [-0.15, -0.1) is 0 Å². The highest BCUT2D eigenvalue weighted by molar-refractivity contribution is 6.20. The molecule has 2 nitrogen and oxygen atoms in total. The highest BCUT2D eigenvalue weighted by Crippen LogP contribution is 2.11. The summed E-state index contributed by atoms with van der Waals surface area (Å²) in [6, 6.07) is 0. The van der Waals surface area contributed by atoms with Crippen LogP contribution in [0.3, 0.4) is 0 Å². The van der Waals surface area contributed by atoms with Crippen LogP contribution in [0, 0.1) is 5.92 Å². The van der Waals surface area contributed by atoms with E-state index in [-0.39, 0.29) is 11.9 Å². The fourth-order valence-corrected chi connectivity index (χ4v) is 0.444. The number of carbonyl (C=O) groups excluding carboxylic acids is 1. The zero-order valence-corrected chi connectivity index (χ0v) is 7.31. The standard InChI is InChI=1S/C7H13ClO2/c1-4-6(9)10-7(8)5(2)3/h5,7H,4H2,1-3H3/t7-/m1/s1. The van der Waals surface area contributed by atoms with Crippen LogP contribution in [0.2, 0.25) is 0 Å². The number of esters is 1. The van der Waals surface area contributed by atoms with E-state index in [0.29, 0.717) is 6.42 Å². The van der Waals surface area contributed by atoms with E-state index in [1.807, 2.05) is 13.8 Å². The third kappa shape index (κ3) is 3.72. The van der Waals surface area contributed by atoms with Crippen molar-refractivity contribution in [2.24, 2.45) is 5.92 Å². The van der Waals surface area contributed by atoms with Crippen molar-refractivity contribution >= 4 is 17.6 Å². The topological polar surface area (TPSA) is 26.3 Å². The minimum atomic E-state index is -0.479. The maximum Gasteiger partial charge on any atom is 0.306 e. The van der Waals surface area contributed by atoms with Crippen molar-refractivity contribution in [2.45, 2.75) is 32.8 Å². The van der Waals surface area contributed by atoms with Crippen molar-refractivity contribution in [1.82, 2.24) is 0 Å². The van der Waals surface area contributed by atoms with Gasteiger partial charge < -0.3 is 4.74 Å². The van der Waals surface area contributed by atoms with E-state index < -0.39 is 5.56 Å². The number of hydrogen-bond donors (Lipinski definition) is 0. The summed E-state index contributed by atoms with van der Waals surface area (Å²) in [7, 11) is 0. The molecule has 0 radical (unpaired) electrons. The van der Waals surface area contributed by atoms with Gasteiger partial charge in [0.1, 0.15) is 0 Å². The molecule has 0 heterocycles. The van der Waals surface area contributed by atoms with Crippen LogP contribution >= 0.6 is 11.6 Å². The fourth-order valence-electron chi connectivity index (χ4n) is 0.345. The summed E-state index contributed by atoms with van der Waals surface area (Å²) in [4.78, 5) is 10.6. The smallest absolute Gasteiger partial charge is 0.306 e. The molecular formula is C7H13ClO2. The van der Waals surface area contributed by atoms with E-state index in [4.69, 9.17) is 16.3 Å². The SMILES string of the molecule is CCC(=O)O[C@@H](Cl)C(C)C. The number of rotatable bonds is 3. The summed E-state index contributed by atoms with van der Waals surface area (Å²) in [5.74, 6) is -0.0640. The van der Waals surface area contributed by atoms with Crippen molar-refractivity contribution in [3.63, 3.8) is 0 Å². The van der Waals surface area contributed by atoms with Gasteiger partial charge in [-0.05, 0) is 0 Å². The predicted molar refractivity (Wildman–Crippen MR) is 40.9 cm³/mol. The minimum Gasteiger partial charge on any atom is -0.446 e. The van der Waals surface area contributed by atoms with Crippen LogP contribution in [0.25, 0.3) is 0 Å². The quantitative estimate of drug-likeness (QED) is 0.472. The van der Waals surface area contributed by atoms with E-state index >= 15 is 0 Å². The van der Waals surface area contributed by atoms with Crippen LogP contribution in [-0.2, 0) is 9.53 Å². The van der Waals surface area contributed by atoms with Gasteiger partial charge in [-0.3, -0.25) is 4.79 Å². The third-order valence-corrected chi connectivity index (χ3v) is 1.65. The van der Waals surface area contributed by atoms with Gasteiger partial charge in [-0.1, -0.05) is 32.4 Å². The van der Waals surface area contributed by atoms with Crippen LogP contribution in [0.5, 0.6) is 0 Å². The van der Waals surface area contributed by atoms with Crippen molar-refractivity contribution in [3.05, 3.63) is 0 Å². The van der Waals surface area contributed by atoms with Gasteiger partial charge >= 0.3 is 5.97 Å². The lowest BCUT2D eigenvalue weighted by atomic mass is 10.2. The van der Waals surface area contributed by atoms with Crippen molar-refractivity contribution in [2.75, 3.05) is 0 Å². The molecule has 0 unspecified atom stereocenters. The highest BCUT2D eigenvalue weighted by atomic mass is 35.5. The Labute approximate surface area is 66.5 Å². The minimum absolute atomic E-state index is 0.178. The van der Waals surface area contributed by atoms with Crippen molar-refractivity contribution in [1.29, 1.82) is 0 Å². The molecule has 60 valence electrons. The Morgan fingerprint density at radius 3 is 2.40 bits per heavy atom. The zero-order valence-electron chi connectivity index (χ0n) is 6.56. The summed E-state index contributed by atoms with van der Waals surface area (Å²) < 4.78 is 4.79. The molecule has 0 aromatic rings. The molecule has 1 atom stereocenters. The summed E-state index contributed by atoms with van der Waals surface area (Å²) in [5, 5.41) is 0. The molecule has 0 bridgehead atoms. The average Bonchev–Trinajstić information content (AvgIpc) is 1.87. The van der Waals surface area contributed by atoms with E-state index in [2.05, 4.69) is 0 Å². The van der Waals surface area contributed by atoms with Crippen LogP contribution in [0.1, 0.15) is 27.2 Å². The third-order valence-electron chi connectivity index (χ3n) is 1.06. The molecule has 0 aliphatic heterocycles. The Kier molecular flexibility index (Phi) is 4.45. The van der Waals surface area contributed by atoms with Crippen molar-refractivity contribution < 1.29 is 9.53 Å². The molecule has 0 aliphatic carbocycles. The fraction of sp³-hybridized carbons (Fsp3) is 0.857. The Morgan fingerprint density at radius 1 is 1.60 bits per heavy atom. The Bertz CT molecular complexity index is 112. The average molecular weight is 165 g/mol. The summed E-state index contributed by atoms with van der Waals surface area (Å²) in [6.07, 6.45) is 0.385. The second-order valence-electron chi connectivity index (χ2n) is 2.44. The van der Waals surface area contributed by atoms with Gasteiger partial charge in [-0.2, -0.15) is 0 Å². The van der Waals surface area contributed by atoms with Gasteiger partial charge in [0.15, 0.2) is 5.56 Å². The lowest BCUT2D eigenvalue weighted by Gasteiger charge is -2.13. The molecule has 0 spiro atoms. The maximum absolute atomic E-state index is 10.6. The molecule has 3 heteroatoms. The molecular weight excluding hydrogens is 152 g/mol. The van der Waals surface area contributed by atoms with Gasteiger partial charge in [0.25, 0.3) is 0 Å². The first-order valence-corrected chi connectivity index (χ1v) is 3.85. The van der Waals surface area contributed by atoms with Crippen molar-refractivity contribution in [3.8, 4) is 0 Å². The molecule has 0 aromatic carbocycles. The lowest BCUT2D eigenvalue weighted by Crippen LogP contribution is -2.16. The van der Waals surface area contributed by atoms with Crippen LogP contribution in [0.15, 0.2) is 0 Å². The highest BCUT2D eigenvalue weighted by Gasteiger charge is 2.12. The van der Waals surface area contributed by atoms with E-state index in [9.17, 15) is 4.79 Å². The normalized spacial score (nSPS) is 13.3. The number of carbonyl (C=O) groups is 1. The van der Waals surface area contributed by atoms with Gasteiger partial charge in [0.05, 0.1) is 0 Å². The lowest BCUT2D eigenvalue weighted by molar-refractivity contribution is -0.146. The Hall–Kier alpha value is -0.240. The second kappa shape index (κ2) is 4.56. The zero-order chi connectivity index (χ0) is 8.15. The molecule has 0 fully saturated rings. The molecule has 0 aromatic heterocycles. The van der Waals surface area contributed by atoms with E-state index in [1.54, 1.807) is 6.92 Å². The monoisotopic (exact) mass is 164 g/mol. The summed E-state index contributed by atoms with van der Waals surface area (Å²) in [6.45, 7) is 5.55. The van der Waals surface area contributed by atoms with E-state index in [1.165, 1.54) is 0 Å².